The summed E-state index contributed by atoms with van der Waals surface area (Å²) >= 11 is 7.22. The lowest BCUT2D eigenvalue weighted by Crippen LogP contribution is -2.31. The van der Waals surface area contributed by atoms with E-state index in [0.29, 0.717) is 16.1 Å². The summed E-state index contributed by atoms with van der Waals surface area (Å²) in [4.78, 5) is 25.0. The van der Waals surface area contributed by atoms with Gasteiger partial charge in [0.2, 0.25) is 5.91 Å². The lowest BCUT2D eigenvalue weighted by molar-refractivity contribution is -0.119. The van der Waals surface area contributed by atoms with E-state index in [9.17, 15) is 14.0 Å². The van der Waals surface area contributed by atoms with E-state index in [-0.39, 0.29) is 28.6 Å². The van der Waals surface area contributed by atoms with Crippen LogP contribution in [-0.4, -0.2) is 23.6 Å². The third-order valence-electron chi connectivity index (χ3n) is 3.12. The number of benzene rings is 2. The van der Waals surface area contributed by atoms with Crippen LogP contribution >= 0.6 is 23.4 Å². The SMILES string of the molecule is CC(C)NC(=O)CSc1ccccc1C(=O)Nc1ccc(F)cc1Cl. The van der Waals surface area contributed by atoms with E-state index in [1.54, 1.807) is 24.3 Å². The van der Waals surface area contributed by atoms with Gasteiger partial charge < -0.3 is 10.6 Å². The third-order valence-corrected chi connectivity index (χ3v) is 4.51. The van der Waals surface area contributed by atoms with Crippen molar-refractivity contribution in [3.63, 3.8) is 0 Å². The molecule has 0 atom stereocenters. The van der Waals surface area contributed by atoms with Crippen molar-refractivity contribution in [1.82, 2.24) is 5.32 Å². The predicted octanol–water partition coefficient (Wildman–Crippen LogP) is 4.35. The Bertz CT molecular complexity index is 783. The highest BCUT2D eigenvalue weighted by molar-refractivity contribution is 8.00. The standard InChI is InChI=1S/C18H18ClFN2O2S/c1-11(2)21-17(23)10-25-16-6-4-3-5-13(16)18(24)22-15-8-7-12(20)9-14(15)19/h3-9,11H,10H2,1-2H3,(H,21,23)(H,22,24). The largest absolute Gasteiger partial charge is 0.353 e. The van der Waals surface area contributed by atoms with E-state index < -0.39 is 5.82 Å². The van der Waals surface area contributed by atoms with Gasteiger partial charge in [-0.15, -0.1) is 11.8 Å². The molecule has 0 radical (unpaired) electrons. The fourth-order valence-electron chi connectivity index (χ4n) is 2.07. The van der Waals surface area contributed by atoms with Gasteiger partial charge in [0.15, 0.2) is 0 Å². The molecular weight excluding hydrogens is 363 g/mol. The molecule has 132 valence electrons. The summed E-state index contributed by atoms with van der Waals surface area (Å²) < 4.78 is 13.1. The van der Waals surface area contributed by atoms with Crippen LogP contribution in [0.2, 0.25) is 5.02 Å². The minimum Gasteiger partial charge on any atom is -0.353 e. The van der Waals surface area contributed by atoms with Crippen LogP contribution in [0.1, 0.15) is 24.2 Å². The Morgan fingerprint density at radius 2 is 1.92 bits per heavy atom. The van der Waals surface area contributed by atoms with Crippen LogP contribution in [0.4, 0.5) is 10.1 Å². The highest BCUT2D eigenvalue weighted by Crippen LogP contribution is 2.26. The first kappa shape index (κ1) is 19.3. The maximum atomic E-state index is 13.1. The van der Waals surface area contributed by atoms with Gasteiger partial charge in [0.05, 0.1) is 22.0 Å². The van der Waals surface area contributed by atoms with Crippen molar-refractivity contribution in [1.29, 1.82) is 0 Å². The first-order valence-electron chi connectivity index (χ1n) is 7.64. The first-order chi connectivity index (χ1) is 11.9. The van der Waals surface area contributed by atoms with Gasteiger partial charge in [0, 0.05) is 10.9 Å². The van der Waals surface area contributed by atoms with Crippen molar-refractivity contribution in [2.24, 2.45) is 0 Å². The molecule has 0 aliphatic heterocycles. The van der Waals surface area contributed by atoms with Crippen molar-refractivity contribution in [3.8, 4) is 0 Å². The molecule has 0 fully saturated rings. The van der Waals surface area contributed by atoms with E-state index in [1.807, 2.05) is 13.8 Å². The zero-order chi connectivity index (χ0) is 18.4. The minimum absolute atomic E-state index is 0.0623. The second-order valence-corrected chi connectivity index (χ2v) is 7.01. The van der Waals surface area contributed by atoms with Crippen LogP contribution in [-0.2, 0) is 4.79 Å². The summed E-state index contributed by atoms with van der Waals surface area (Å²) in [7, 11) is 0. The van der Waals surface area contributed by atoms with E-state index in [0.717, 1.165) is 6.07 Å². The Kier molecular flexibility index (Phi) is 6.84. The van der Waals surface area contributed by atoms with Crippen molar-refractivity contribution in [2.75, 3.05) is 11.1 Å². The van der Waals surface area contributed by atoms with Gasteiger partial charge in [-0.2, -0.15) is 0 Å². The van der Waals surface area contributed by atoms with Crippen LogP contribution in [0.25, 0.3) is 0 Å². The van der Waals surface area contributed by atoms with Crippen molar-refractivity contribution in [3.05, 3.63) is 58.9 Å². The Balaban J connectivity index is 2.10. The average Bonchev–Trinajstić information content (AvgIpc) is 2.55. The van der Waals surface area contributed by atoms with Gasteiger partial charge in [-0.1, -0.05) is 23.7 Å². The molecule has 2 aromatic carbocycles. The molecule has 0 aliphatic carbocycles. The molecule has 2 aromatic rings. The molecule has 0 saturated carbocycles. The molecule has 25 heavy (non-hydrogen) atoms. The molecule has 2 N–H and O–H groups in total. The fraction of sp³-hybridized carbons (Fsp3) is 0.222. The van der Waals surface area contributed by atoms with Gasteiger partial charge >= 0.3 is 0 Å². The lowest BCUT2D eigenvalue weighted by Gasteiger charge is -2.12. The molecule has 7 heteroatoms. The molecular formula is C18H18ClFN2O2S. The molecule has 0 unspecified atom stereocenters. The van der Waals surface area contributed by atoms with Crippen molar-refractivity contribution in [2.45, 2.75) is 24.8 Å². The van der Waals surface area contributed by atoms with Crippen molar-refractivity contribution >= 4 is 40.9 Å². The summed E-state index contributed by atoms with van der Waals surface area (Å²) in [6.45, 7) is 3.77. The number of carbonyl (C=O) groups is 2. The Labute approximate surface area is 155 Å². The van der Waals surface area contributed by atoms with E-state index >= 15 is 0 Å². The molecule has 0 heterocycles. The molecule has 0 saturated heterocycles. The Morgan fingerprint density at radius 1 is 1.20 bits per heavy atom. The average molecular weight is 381 g/mol. The summed E-state index contributed by atoms with van der Waals surface area (Å²) in [6.07, 6.45) is 0. The van der Waals surface area contributed by atoms with E-state index in [4.69, 9.17) is 11.6 Å². The van der Waals surface area contributed by atoms with Gasteiger partial charge in [0.1, 0.15) is 5.82 Å². The molecule has 0 bridgehead atoms. The summed E-state index contributed by atoms with van der Waals surface area (Å²) in [5.41, 5.74) is 0.746. The number of thioether (sulfide) groups is 1. The normalized spacial score (nSPS) is 10.6. The molecule has 0 aliphatic rings. The second-order valence-electron chi connectivity index (χ2n) is 5.59. The van der Waals surface area contributed by atoms with Gasteiger partial charge in [-0.05, 0) is 44.2 Å². The zero-order valence-electron chi connectivity index (χ0n) is 13.8. The second kappa shape index (κ2) is 8.87. The van der Waals surface area contributed by atoms with E-state index in [1.165, 1.54) is 23.9 Å². The van der Waals surface area contributed by atoms with Gasteiger partial charge in [-0.25, -0.2) is 4.39 Å². The molecule has 2 rings (SSSR count). The molecule has 4 nitrogen and oxygen atoms in total. The van der Waals surface area contributed by atoms with Crippen molar-refractivity contribution < 1.29 is 14.0 Å². The number of anilines is 1. The monoisotopic (exact) mass is 380 g/mol. The Morgan fingerprint density at radius 3 is 2.60 bits per heavy atom. The molecule has 0 spiro atoms. The van der Waals surface area contributed by atoms with Gasteiger partial charge in [-0.3, -0.25) is 9.59 Å². The Hall–Kier alpha value is -2.05. The third kappa shape index (κ3) is 5.76. The fourth-order valence-corrected chi connectivity index (χ4v) is 3.14. The number of rotatable bonds is 6. The van der Waals surface area contributed by atoms with Crippen LogP contribution in [0.3, 0.4) is 0 Å². The molecule has 2 amide bonds. The smallest absolute Gasteiger partial charge is 0.256 e. The molecule has 0 aromatic heterocycles. The maximum Gasteiger partial charge on any atom is 0.256 e. The quantitative estimate of drug-likeness (QED) is 0.732. The number of amides is 2. The highest BCUT2D eigenvalue weighted by atomic mass is 35.5. The number of halogens is 2. The van der Waals surface area contributed by atoms with Crippen LogP contribution in [0.15, 0.2) is 47.4 Å². The zero-order valence-corrected chi connectivity index (χ0v) is 15.4. The number of hydrogen-bond acceptors (Lipinski definition) is 3. The topological polar surface area (TPSA) is 58.2 Å². The minimum atomic E-state index is -0.477. The van der Waals surface area contributed by atoms with Gasteiger partial charge in [0.25, 0.3) is 5.91 Å². The highest BCUT2D eigenvalue weighted by Gasteiger charge is 2.14. The van der Waals surface area contributed by atoms with E-state index in [2.05, 4.69) is 10.6 Å². The predicted molar refractivity (Wildman–Crippen MR) is 99.8 cm³/mol. The van der Waals surface area contributed by atoms with Crippen LogP contribution in [0, 0.1) is 5.82 Å². The van der Waals surface area contributed by atoms with Crippen LogP contribution in [0.5, 0.6) is 0 Å². The maximum absolute atomic E-state index is 13.1. The number of hydrogen-bond donors (Lipinski definition) is 2. The van der Waals surface area contributed by atoms with Crippen LogP contribution < -0.4 is 10.6 Å². The number of nitrogens with one attached hydrogen (secondary N) is 2. The first-order valence-corrected chi connectivity index (χ1v) is 9.00. The summed E-state index contributed by atoms with van der Waals surface area (Å²) in [5.74, 6) is -0.743. The lowest BCUT2D eigenvalue weighted by atomic mass is 10.2. The number of carbonyl (C=O) groups excluding carboxylic acids is 2. The summed E-state index contributed by atoms with van der Waals surface area (Å²) in [6, 6.07) is 10.8. The summed E-state index contributed by atoms with van der Waals surface area (Å²) in [5, 5.41) is 5.58.